The number of H-pyrrole nitrogens is 1. The fourth-order valence-electron chi connectivity index (χ4n) is 1.07. The van der Waals surface area contributed by atoms with Gasteiger partial charge < -0.3 is 9.97 Å². The summed E-state index contributed by atoms with van der Waals surface area (Å²) < 4.78 is 0. The van der Waals surface area contributed by atoms with Crippen molar-refractivity contribution >= 4 is 10.9 Å². The van der Waals surface area contributed by atoms with Gasteiger partial charge in [-0.25, -0.2) is 0 Å². The van der Waals surface area contributed by atoms with Crippen molar-refractivity contribution in [3.63, 3.8) is 0 Å². The normalized spacial score (nSPS) is 9.54. The van der Waals surface area contributed by atoms with Crippen LogP contribution in [-0.2, 0) is 0 Å². The molecule has 0 radical (unpaired) electrons. The molecule has 0 spiro atoms. The van der Waals surface area contributed by atoms with Crippen molar-refractivity contribution in [2.75, 3.05) is 0 Å². The Kier molecular flexibility index (Phi) is 3.63. The van der Waals surface area contributed by atoms with Crippen molar-refractivity contribution in [3.05, 3.63) is 45.1 Å². The summed E-state index contributed by atoms with van der Waals surface area (Å²) in [6, 6.07) is 6.77. The largest absolute Gasteiger partial charge is 1.00 e. The van der Waals surface area contributed by atoms with Crippen LogP contribution in [0.25, 0.3) is 10.9 Å². The summed E-state index contributed by atoms with van der Waals surface area (Å²) in [4.78, 5) is 27.5. The molecule has 0 unspecified atom stereocenters. The van der Waals surface area contributed by atoms with Crippen LogP contribution in [0.15, 0.2) is 33.9 Å². The minimum atomic E-state index is -0.598. The molecular weight excluding hydrogens is 195 g/mol. The van der Waals surface area contributed by atoms with Crippen molar-refractivity contribution in [1.82, 2.24) is 9.97 Å². The zero-order valence-corrected chi connectivity index (χ0v) is 10.2. The number of aromatic nitrogens is 2. The number of benzene rings is 1. The maximum absolute atomic E-state index is 11.1. The Hall–Kier alpha value is -0.204. The second kappa shape index (κ2) is 4.34. The molecule has 0 aliphatic carbocycles. The third-order valence-corrected chi connectivity index (χ3v) is 1.60. The van der Waals surface area contributed by atoms with E-state index >= 15 is 0 Å². The maximum Gasteiger partial charge on any atom is 1.00 e. The maximum atomic E-state index is 11.1. The number of nitrogens with one attached hydrogen (secondary N) is 1. The van der Waals surface area contributed by atoms with Crippen LogP contribution in [-0.4, -0.2) is 4.98 Å². The van der Waals surface area contributed by atoms with Crippen molar-refractivity contribution < 1.29 is 51.4 Å². The van der Waals surface area contributed by atoms with Gasteiger partial charge in [0.15, 0.2) is 11.2 Å². The molecule has 0 bridgehead atoms. The van der Waals surface area contributed by atoms with Gasteiger partial charge in [-0.1, -0.05) is 24.3 Å². The molecule has 13 heavy (non-hydrogen) atoms. The van der Waals surface area contributed by atoms with E-state index in [1.807, 2.05) is 0 Å². The van der Waals surface area contributed by atoms with Gasteiger partial charge >= 0.3 is 51.4 Å². The number of rotatable bonds is 0. The minimum Gasteiger partial charge on any atom is -0.423 e. The van der Waals surface area contributed by atoms with Gasteiger partial charge in [-0.2, -0.15) is 0 Å². The standard InChI is InChI=1S/C8H6N2O2.K/c11-7-5-3-1-2-4-6(5)9-8(12)10-7;/h1-4H,(H2,9,10,11,12);/q;+1/p-1. The molecule has 0 aliphatic rings. The zero-order chi connectivity index (χ0) is 8.55. The van der Waals surface area contributed by atoms with Gasteiger partial charge in [0, 0.05) is 5.39 Å². The summed E-state index contributed by atoms with van der Waals surface area (Å²) >= 11 is 0. The summed E-state index contributed by atoms with van der Waals surface area (Å²) in [6.07, 6.45) is 0. The summed E-state index contributed by atoms with van der Waals surface area (Å²) in [5.74, 6) is 0. The summed E-state index contributed by atoms with van der Waals surface area (Å²) in [5, 5.41) is 0.442. The van der Waals surface area contributed by atoms with Crippen molar-refractivity contribution in [3.8, 4) is 0 Å². The van der Waals surface area contributed by atoms with Gasteiger partial charge in [-0.05, 0) is 5.52 Å². The fourth-order valence-corrected chi connectivity index (χ4v) is 1.07. The van der Waals surface area contributed by atoms with E-state index in [0.29, 0.717) is 10.9 Å². The SMILES string of the molecule is O=c1[n-]c(=O)c2ccccc2[nH]1.[K+]. The van der Waals surface area contributed by atoms with E-state index < -0.39 is 11.2 Å². The Bertz CT molecular complexity index is 529. The molecule has 0 saturated heterocycles. The number of nitrogens with zero attached hydrogens (tertiary/aromatic N) is 1. The van der Waals surface area contributed by atoms with Gasteiger partial charge in [0.2, 0.25) is 0 Å². The molecule has 2 rings (SSSR count). The van der Waals surface area contributed by atoms with Crippen molar-refractivity contribution in [2.24, 2.45) is 0 Å². The number of aromatic amines is 1. The summed E-state index contributed by atoms with van der Waals surface area (Å²) in [5.41, 5.74) is -0.546. The van der Waals surface area contributed by atoms with E-state index in [9.17, 15) is 9.59 Å². The molecule has 1 aromatic carbocycles. The molecule has 1 aromatic heterocycles. The molecule has 2 aromatic rings. The van der Waals surface area contributed by atoms with Crippen LogP contribution in [0.3, 0.4) is 0 Å². The van der Waals surface area contributed by atoms with E-state index in [1.165, 1.54) is 0 Å². The minimum absolute atomic E-state index is 0. The monoisotopic (exact) mass is 200 g/mol. The number of fused-ring (bicyclic) bond motifs is 1. The topological polar surface area (TPSA) is 64.0 Å². The molecule has 0 atom stereocenters. The average molecular weight is 200 g/mol. The van der Waals surface area contributed by atoms with Crippen molar-refractivity contribution in [1.29, 1.82) is 0 Å². The Morgan fingerprint density at radius 2 is 1.85 bits per heavy atom. The Morgan fingerprint density at radius 3 is 2.62 bits per heavy atom. The summed E-state index contributed by atoms with van der Waals surface area (Å²) in [6.45, 7) is 0. The summed E-state index contributed by atoms with van der Waals surface area (Å²) in [7, 11) is 0. The molecular formula is C8H5KN2O2. The zero-order valence-electron chi connectivity index (χ0n) is 7.07. The molecule has 1 N–H and O–H groups in total. The Labute approximate surface area is 116 Å². The third-order valence-electron chi connectivity index (χ3n) is 1.60. The number of para-hydroxylation sites is 1. The van der Waals surface area contributed by atoms with Gasteiger partial charge in [0.1, 0.15) is 0 Å². The van der Waals surface area contributed by atoms with Gasteiger partial charge in [0.25, 0.3) is 0 Å². The van der Waals surface area contributed by atoms with Crippen LogP contribution < -0.4 is 67.6 Å². The Balaban J connectivity index is 0.000000845. The second-order valence-corrected chi connectivity index (χ2v) is 2.39. The fraction of sp³-hybridized carbons (Fsp3) is 0. The molecule has 4 nitrogen and oxygen atoms in total. The first-order chi connectivity index (χ1) is 5.77. The van der Waals surface area contributed by atoms with Crippen molar-refractivity contribution in [2.45, 2.75) is 0 Å². The molecule has 0 fully saturated rings. The van der Waals surface area contributed by atoms with Crippen LogP contribution in [0.2, 0.25) is 0 Å². The van der Waals surface area contributed by atoms with E-state index in [2.05, 4.69) is 9.97 Å². The smallest absolute Gasteiger partial charge is 0.423 e. The van der Waals surface area contributed by atoms with E-state index in [-0.39, 0.29) is 51.4 Å². The molecule has 60 valence electrons. The first-order valence-corrected chi connectivity index (χ1v) is 3.43. The van der Waals surface area contributed by atoms with Crippen LogP contribution in [0.4, 0.5) is 0 Å². The number of hydrogen-bond acceptors (Lipinski definition) is 2. The number of hydrogen-bond donors (Lipinski definition) is 1. The third kappa shape index (κ3) is 2.18. The van der Waals surface area contributed by atoms with Crippen LogP contribution >= 0.6 is 0 Å². The molecule has 0 amide bonds. The molecule has 0 saturated carbocycles. The Morgan fingerprint density at radius 1 is 1.15 bits per heavy atom. The molecule has 5 heteroatoms. The first kappa shape index (κ1) is 10.9. The predicted molar refractivity (Wildman–Crippen MR) is 44.2 cm³/mol. The van der Waals surface area contributed by atoms with E-state index in [1.54, 1.807) is 24.3 Å². The molecule has 1 heterocycles. The first-order valence-electron chi connectivity index (χ1n) is 3.43. The van der Waals surface area contributed by atoms with Crippen LogP contribution in [0, 0.1) is 0 Å². The van der Waals surface area contributed by atoms with Gasteiger partial charge in [-0.15, -0.1) is 0 Å². The quantitative estimate of drug-likeness (QED) is 0.457. The van der Waals surface area contributed by atoms with E-state index in [4.69, 9.17) is 0 Å². The van der Waals surface area contributed by atoms with E-state index in [0.717, 1.165) is 0 Å². The average Bonchev–Trinajstić information content (AvgIpc) is 2.04. The van der Waals surface area contributed by atoms with Gasteiger partial charge in [0.05, 0.1) is 0 Å². The van der Waals surface area contributed by atoms with Gasteiger partial charge in [-0.3, -0.25) is 9.59 Å². The predicted octanol–water partition coefficient (Wildman–Crippen LogP) is -3.15. The molecule has 0 aliphatic heterocycles. The van der Waals surface area contributed by atoms with Crippen LogP contribution in [0.1, 0.15) is 0 Å². The van der Waals surface area contributed by atoms with Crippen LogP contribution in [0.5, 0.6) is 0 Å². The second-order valence-electron chi connectivity index (χ2n) is 2.39.